The summed E-state index contributed by atoms with van der Waals surface area (Å²) in [6.45, 7) is 0. The summed E-state index contributed by atoms with van der Waals surface area (Å²) in [5.41, 5.74) is 0.390. The highest BCUT2D eigenvalue weighted by atomic mass is 32.2. The number of thioether (sulfide) groups is 1. The molecule has 1 unspecified atom stereocenters. The van der Waals surface area contributed by atoms with E-state index in [0.29, 0.717) is 11.4 Å². The van der Waals surface area contributed by atoms with Crippen molar-refractivity contribution < 1.29 is 14.3 Å². The van der Waals surface area contributed by atoms with Crippen molar-refractivity contribution in [2.75, 3.05) is 17.7 Å². The Labute approximate surface area is 90.9 Å². The molecule has 0 saturated heterocycles. The zero-order valence-corrected chi connectivity index (χ0v) is 8.92. The molecule has 1 aliphatic heterocycles. The molecule has 0 spiro atoms. The third-order valence-corrected chi connectivity index (χ3v) is 3.57. The number of likely N-dealkylation sites (N-methyl/N-ethyl adjacent to an activating group) is 1. The number of aliphatic carboxylic acids is 1. The van der Waals surface area contributed by atoms with Gasteiger partial charge in [0, 0.05) is 17.7 Å². The first kappa shape index (κ1) is 10.3. The molecule has 0 saturated carbocycles. The van der Waals surface area contributed by atoms with E-state index < -0.39 is 12.0 Å². The number of rotatable bonds is 1. The zero-order chi connectivity index (χ0) is 11.0. The van der Waals surface area contributed by atoms with E-state index in [9.17, 15) is 9.18 Å². The molecule has 3 nitrogen and oxygen atoms in total. The Morgan fingerprint density at radius 2 is 2.40 bits per heavy atom. The molecule has 5 heteroatoms. The van der Waals surface area contributed by atoms with E-state index in [1.807, 2.05) is 0 Å². The minimum absolute atomic E-state index is 0.367. The van der Waals surface area contributed by atoms with E-state index in [2.05, 4.69) is 0 Å². The first-order valence-corrected chi connectivity index (χ1v) is 5.47. The van der Waals surface area contributed by atoms with Gasteiger partial charge < -0.3 is 10.0 Å². The number of fused-ring (bicyclic) bond motifs is 1. The van der Waals surface area contributed by atoms with Crippen molar-refractivity contribution in [3.63, 3.8) is 0 Å². The second-order valence-electron chi connectivity index (χ2n) is 3.36. The second kappa shape index (κ2) is 3.73. The molecule has 0 bridgehead atoms. The van der Waals surface area contributed by atoms with Crippen molar-refractivity contribution in [1.82, 2.24) is 0 Å². The predicted molar refractivity (Wildman–Crippen MR) is 57.0 cm³/mol. The first-order valence-electron chi connectivity index (χ1n) is 4.48. The van der Waals surface area contributed by atoms with Gasteiger partial charge >= 0.3 is 5.97 Å². The highest BCUT2D eigenvalue weighted by Gasteiger charge is 2.31. The molecule has 80 valence electrons. The van der Waals surface area contributed by atoms with Crippen LogP contribution >= 0.6 is 11.8 Å². The molecule has 15 heavy (non-hydrogen) atoms. The molecule has 0 aromatic heterocycles. The van der Waals surface area contributed by atoms with Crippen LogP contribution in [-0.4, -0.2) is 29.9 Å². The van der Waals surface area contributed by atoms with Crippen LogP contribution in [0.25, 0.3) is 0 Å². The van der Waals surface area contributed by atoms with Gasteiger partial charge in [-0.15, -0.1) is 11.8 Å². The Balaban J connectivity index is 2.45. The number of hydrogen-bond acceptors (Lipinski definition) is 3. The molecule has 1 aliphatic rings. The van der Waals surface area contributed by atoms with Crippen molar-refractivity contribution in [2.24, 2.45) is 0 Å². The van der Waals surface area contributed by atoms with Gasteiger partial charge in [-0.3, -0.25) is 0 Å². The van der Waals surface area contributed by atoms with E-state index >= 15 is 0 Å². The van der Waals surface area contributed by atoms with Crippen LogP contribution in [0, 0.1) is 5.82 Å². The predicted octanol–water partition coefficient (Wildman–Crippen LogP) is 1.82. The average molecular weight is 227 g/mol. The van der Waals surface area contributed by atoms with Crippen molar-refractivity contribution in [2.45, 2.75) is 10.9 Å². The quantitative estimate of drug-likeness (QED) is 0.794. The molecule has 1 atom stereocenters. The molecule has 1 N–H and O–H groups in total. The Hall–Kier alpha value is -1.23. The largest absolute Gasteiger partial charge is 0.480 e. The number of anilines is 1. The molecule has 2 rings (SSSR count). The van der Waals surface area contributed by atoms with Crippen LogP contribution < -0.4 is 4.90 Å². The fourth-order valence-corrected chi connectivity index (χ4v) is 2.88. The van der Waals surface area contributed by atoms with Crippen molar-refractivity contribution in [1.29, 1.82) is 0 Å². The summed E-state index contributed by atoms with van der Waals surface area (Å²) in [7, 11) is 1.61. The lowest BCUT2D eigenvalue weighted by atomic mass is 10.2. The highest BCUT2D eigenvalue weighted by molar-refractivity contribution is 7.99. The van der Waals surface area contributed by atoms with Gasteiger partial charge in [-0.25, -0.2) is 9.18 Å². The Morgan fingerprint density at radius 1 is 1.67 bits per heavy atom. The van der Waals surface area contributed by atoms with Crippen LogP contribution in [0.15, 0.2) is 23.1 Å². The van der Waals surface area contributed by atoms with E-state index in [4.69, 9.17) is 5.11 Å². The summed E-state index contributed by atoms with van der Waals surface area (Å²) in [6.07, 6.45) is 0. The number of carboxylic acid groups (broad SMARTS) is 1. The lowest BCUT2D eigenvalue weighted by Gasteiger charge is -2.32. The van der Waals surface area contributed by atoms with Gasteiger partial charge in [0.1, 0.15) is 11.9 Å². The maximum absolute atomic E-state index is 13.5. The van der Waals surface area contributed by atoms with Gasteiger partial charge in [-0.2, -0.15) is 0 Å². The summed E-state index contributed by atoms with van der Waals surface area (Å²) in [6, 6.07) is 4.13. The van der Waals surface area contributed by atoms with E-state index in [1.54, 1.807) is 19.2 Å². The van der Waals surface area contributed by atoms with Gasteiger partial charge in [-0.1, -0.05) is 6.07 Å². The number of halogens is 1. The van der Waals surface area contributed by atoms with Gasteiger partial charge in [0.05, 0.1) is 5.69 Å². The van der Waals surface area contributed by atoms with E-state index in [-0.39, 0.29) is 5.82 Å². The van der Waals surface area contributed by atoms with Gasteiger partial charge in [-0.05, 0) is 12.1 Å². The van der Waals surface area contributed by atoms with Crippen molar-refractivity contribution >= 4 is 23.4 Å². The average Bonchev–Trinajstić information content (AvgIpc) is 2.17. The summed E-state index contributed by atoms with van der Waals surface area (Å²) < 4.78 is 13.5. The molecule has 1 aromatic rings. The van der Waals surface area contributed by atoms with Crippen LogP contribution in [0.1, 0.15) is 0 Å². The number of carboxylic acids is 1. The topological polar surface area (TPSA) is 40.5 Å². The summed E-state index contributed by atoms with van der Waals surface area (Å²) in [5.74, 6) is -0.838. The molecule has 0 radical (unpaired) electrons. The summed E-state index contributed by atoms with van der Waals surface area (Å²) in [5, 5.41) is 8.95. The van der Waals surface area contributed by atoms with Crippen molar-refractivity contribution in [3.05, 3.63) is 24.0 Å². The van der Waals surface area contributed by atoms with Gasteiger partial charge in [0.25, 0.3) is 0 Å². The molecule has 0 amide bonds. The fraction of sp³-hybridized carbons (Fsp3) is 0.300. The number of hydrogen-bond donors (Lipinski definition) is 1. The second-order valence-corrected chi connectivity index (χ2v) is 4.42. The normalized spacial score (nSPS) is 19.9. The van der Waals surface area contributed by atoms with Crippen LogP contribution in [0.5, 0.6) is 0 Å². The van der Waals surface area contributed by atoms with Crippen LogP contribution in [0.2, 0.25) is 0 Å². The Kier molecular flexibility index (Phi) is 2.56. The highest BCUT2D eigenvalue weighted by Crippen LogP contribution is 2.38. The third kappa shape index (κ3) is 1.67. The minimum atomic E-state index is -0.918. The Morgan fingerprint density at radius 3 is 3.07 bits per heavy atom. The van der Waals surface area contributed by atoms with Gasteiger partial charge in [0.15, 0.2) is 0 Å². The number of benzene rings is 1. The smallest absolute Gasteiger partial charge is 0.327 e. The maximum Gasteiger partial charge on any atom is 0.327 e. The zero-order valence-electron chi connectivity index (χ0n) is 8.11. The number of para-hydroxylation sites is 1. The Bertz CT molecular complexity index is 410. The van der Waals surface area contributed by atoms with Crippen LogP contribution in [0.4, 0.5) is 10.1 Å². The molecule has 1 heterocycles. The van der Waals surface area contributed by atoms with Crippen LogP contribution in [0.3, 0.4) is 0 Å². The van der Waals surface area contributed by atoms with Crippen molar-refractivity contribution in [3.8, 4) is 0 Å². The monoisotopic (exact) mass is 227 g/mol. The van der Waals surface area contributed by atoms with Gasteiger partial charge in [0.2, 0.25) is 0 Å². The molecular weight excluding hydrogens is 217 g/mol. The SMILES string of the molecule is CN1c2c(F)cccc2SCC1C(=O)O. The molecule has 1 aromatic carbocycles. The maximum atomic E-state index is 13.5. The third-order valence-electron chi connectivity index (χ3n) is 2.45. The molecular formula is C10H10FNO2S. The molecule has 0 fully saturated rings. The lowest BCUT2D eigenvalue weighted by molar-refractivity contribution is -0.138. The van der Waals surface area contributed by atoms with E-state index in [0.717, 1.165) is 4.90 Å². The molecule has 0 aliphatic carbocycles. The first-order chi connectivity index (χ1) is 7.11. The summed E-state index contributed by atoms with van der Waals surface area (Å²) in [4.78, 5) is 13.2. The fourth-order valence-electron chi connectivity index (χ4n) is 1.63. The summed E-state index contributed by atoms with van der Waals surface area (Å²) >= 11 is 1.38. The minimum Gasteiger partial charge on any atom is -0.480 e. The van der Waals surface area contributed by atoms with E-state index in [1.165, 1.54) is 22.7 Å². The standard InChI is InChI=1S/C10H10FNO2S/c1-12-7(10(13)14)5-15-8-4-2-3-6(11)9(8)12/h2-4,7H,5H2,1H3,(H,13,14). The number of carbonyl (C=O) groups is 1. The lowest BCUT2D eigenvalue weighted by Crippen LogP contribution is -2.43. The number of nitrogens with zero attached hydrogens (tertiary/aromatic N) is 1. The van der Waals surface area contributed by atoms with Crippen LogP contribution in [-0.2, 0) is 4.79 Å².